The lowest BCUT2D eigenvalue weighted by Gasteiger charge is -2.26. The lowest BCUT2D eigenvalue weighted by molar-refractivity contribution is -0.119. The number of benzene rings is 1. The van der Waals surface area contributed by atoms with Gasteiger partial charge < -0.3 is 15.5 Å². The van der Waals surface area contributed by atoms with Crippen molar-refractivity contribution >= 4 is 28.9 Å². The quantitative estimate of drug-likeness (QED) is 0.576. The molecule has 1 saturated heterocycles. The number of nitrogens with one attached hydrogen (secondary N) is 2. The Labute approximate surface area is 171 Å². The fourth-order valence-electron chi connectivity index (χ4n) is 3.27. The molecule has 0 radical (unpaired) electrons. The van der Waals surface area contributed by atoms with Crippen LogP contribution in [-0.4, -0.2) is 29.9 Å². The first-order valence-corrected chi connectivity index (χ1v) is 10.7. The smallest absolute Gasteiger partial charge is 0.226 e. The van der Waals surface area contributed by atoms with Gasteiger partial charge in [0.25, 0.3) is 0 Å². The predicted octanol–water partition coefficient (Wildman–Crippen LogP) is 3.53. The van der Waals surface area contributed by atoms with Crippen molar-refractivity contribution in [3.8, 4) is 0 Å². The molecule has 1 aromatic heterocycles. The molecule has 0 unspecified atom stereocenters. The number of hydrogen-bond acceptors (Lipinski definition) is 4. The highest BCUT2D eigenvalue weighted by molar-refractivity contribution is 7.11. The standard InChI is InChI=1S/C21H29N5OS/c1-4-22-21(24-14-19-15(2)25-16(3)28-19)23-13-17-8-10-18(11-9-17)26-12-6-5-7-20(26)27/h8-11H,4-7,12-14H2,1-3H3,(H2,22,23,24). The van der Waals surface area contributed by atoms with E-state index in [2.05, 4.69) is 34.7 Å². The van der Waals surface area contributed by atoms with Gasteiger partial charge in [0.05, 0.1) is 23.8 Å². The van der Waals surface area contributed by atoms with Crippen molar-refractivity contribution in [2.75, 3.05) is 18.0 Å². The van der Waals surface area contributed by atoms with E-state index in [0.29, 0.717) is 13.0 Å². The summed E-state index contributed by atoms with van der Waals surface area (Å²) in [4.78, 5) is 24.4. The van der Waals surface area contributed by atoms with Crippen LogP contribution >= 0.6 is 11.3 Å². The van der Waals surface area contributed by atoms with Crippen LogP contribution in [0, 0.1) is 13.8 Å². The highest BCUT2D eigenvalue weighted by Crippen LogP contribution is 2.21. The average molecular weight is 400 g/mol. The number of carbonyl (C=O) groups excluding carboxylic acids is 1. The van der Waals surface area contributed by atoms with Gasteiger partial charge in [0.1, 0.15) is 0 Å². The third-order valence-electron chi connectivity index (χ3n) is 4.75. The second kappa shape index (κ2) is 9.68. The molecule has 2 N–H and O–H groups in total. The second-order valence-electron chi connectivity index (χ2n) is 6.96. The molecule has 6 nitrogen and oxygen atoms in total. The van der Waals surface area contributed by atoms with Gasteiger partial charge in [0.2, 0.25) is 5.91 Å². The van der Waals surface area contributed by atoms with Crippen LogP contribution < -0.4 is 15.5 Å². The Morgan fingerprint density at radius 1 is 1.21 bits per heavy atom. The van der Waals surface area contributed by atoms with Crippen molar-refractivity contribution in [1.82, 2.24) is 15.6 Å². The molecule has 7 heteroatoms. The summed E-state index contributed by atoms with van der Waals surface area (Å²) in [5.41, 5.74) is 3.18. The van der Waals surface area contributed by atoms with Crippen molar-refractivity contribution in [2.24, 2.45) is 4.99 Å². The van der Waals surface area contributed by atoms with E-state index in [1.807, 2.05) is 30.9 Å². The number of amides is 1. The largest absolute Gasteiger partial charge is 0.357 e. The van der Waals surface area contributed by atoms with E-state index in [9.17, 15) is 4.79 Å². The molecule has 0 bridgehead atoms. The van der Waals surface area contributed by atoms with Gasteiger partial charge in [-0.2, -0.15) is 0 Å². The van der Waals surface area contributed by atoms with E-state index in [1.54, 1.807) is 11.3 Å². The molecule has 0 atom stereocenters. The molecule has 1 fully saturated rings. The van der Waals surface area contributed by atoms with Crippen LogP contribution in [0.3, 0.4) is 0 Å². The number of carbonyl (C=O) groups is 1. The van der Waals surface area contributed by atoms with Crippen molar-refractivity contribution in [1.29, 1.82) is 0 Å². The molecule has 1 aliphatic rings. The number of aromatic nitrogens is 1. The molecule has 1 aromatic carbocycles. The Kier molecular flexibility index (Phi) is 7.03. The van der Waals surface area contributed by atoms with Crippen LogP contribution in [0.25, 0.3) is 0 Å². The monoisotopic (exact) mass is 399 g/mol. The van der Waals surface area contributed by atoms with Crippen molar-refractivity contribution in [3.63, 3.8) is 0 Å². The van der Waals surface area contributed by atoms with Gasteiger partial charge in [-0.3, -0.25) is 4.79 Å². The second-order valence-corrected chi connectivity index (χ2v) is 8.25. The summed E-state index contributed by atoms with van der Waals surface area (Å²) in [6, 6.07) is 8.16. The number of piperidine rings is 1. The van der Waals surface area contributed by atoms with Crippen LogP contribution in [0.1, 0.15) is 47.3 Å². The number of hydrogen-bond donors (Lipinski definition) is 2. The van der Waals surface area contributed by atoms with Crippen LogP contribution in [0.5, 0.6) is 0 Å². The summed E-state index contributed by atoms with van der Waals surface area (Å²) in [6.45, 7) is 9.07. The van der Waals surface area contributed by atoms with E-state index in [1.165, 1.54) is 4.88 Å². The summed E-state index contributed by atoms with van der Waals surface area (Å²) in [5.74, 6) is 1.02. The first-order valence-electron chi connectivity index (χ1n) is 9.91. The normalized spacial score (nSPS) is 15.0. The zero-order chi connectivity index (χ0) is 19.9. The van der Waals surface area contributed by atoms with Gasteiger partial charge in [0, 0.05) is 30.1 Å². The third-order valence-corrected chi connectivity index (χ3v) is 5.82. The molecule has 150 valence electrons. The number of rotatable bonds is 6. The number of aliphatic imine (C=N–C) groups is 1. The molecule has 0 spiro atoms. The van der Waals surface area contributed by atoms with E-state index in [4.69, 9.17) is 4.99 Å². The van der Waals surface area contributed by atoms with Gasteiger partial charge in [-0.05, 0) is 51.3 Å². The predicted molar refractivity (Wildman–Crippen MR) is 116 cm³/mol. The SMILES string of the molecule is CCNC(=NCc1ccc(N2CCCCC2=O)cc1)NCc1sc(C)nc1C. The molecule has 2 aromatic rings. The molecule has 0 aliphatic carbocycles. The molecule has 1 aliphatic heterocycles. The topological polar surface area (TPSA) is 69.6 Å². The minimum atomic E-state index is 0.226. The summed E-state index contributed by atoms with van der Waals surface area (Å²) >= 11 is 1.72. The third kappa shape index (κ3) is 5.32. The van der Waals surface area contributed by atoms with Crippen molar-refractivity contribution < 1.29 is 4.79 Å². The van der Waals surface area contributed by atoms with Crippen LogP contribution in [0.2, 0.25) is 0 Å². The molecular weight excluding hydrogens is 370 g/mol. The molecular formula is C21H29N5OS. The van der Waals surface area contributed by atoms with Gasteiger partial charge in [-0.1, -0.05) is 12.1 Å². The summed E-state index contributed by atoms with van der Waals surface area (Å²) in [7, 11) is 0. The maximum absolute atomic E-state index is 12.1. The molecule has 28 heavy (non-hydrogen) atoms. The lowest BCUT2D eigenvalue weighted by atomic mass is 10.1. The van der Waals surface area contributed by atoms with Gasteiger partial charge in [0.15, 0.2) is 5.96 Å². The number of aryl methyl sites for hydroxylation is 2. The Morgan fingerprint density at radius 2 is 2.00 bits per heavy atom. The van der Waals surface area contributed by atoms with E-state index >= 15 is 0 Å². The Morgan fingerprint density at radius 3 is 2.64 bits per heavy atom. The van der Waals surface area contributed by atoms with Crippen LogP contribution in [0.15, 0.2) is 29.3 Å². The fraction of sp³-hybridized carbons (Fsp3) is 0.476. The molecule has 0 saturated carbocycles. The molecule has 2 heterocycles. The summed E-state index contributed by atoms with van der Waals surface area (Å²) < 4.78 is 0. The first-order chi connectivity index (χ1) is 13.6. The lowest BCUT2D eigenvalue weighted by Crippen LogP contribution is -2.36. The Balaban J connectivity index is 1.60. The Bertz CT molecular complexity index is 828. The van der Waals surface area contributed by atoms with Crippen LogP contribution in [-0.2, 0) is 17.9 Å². The van der Waals surface area contributed by atoms with Gasteiger partial charge in [-0.15, -0.1) is 11.3 Å². The zero-order valence-electron chi connectivity index (χ0n) is 16.9. The number of thiazole rings is 1. The van der Waals surface area contributed by atoms with Gasteiger partial charge >= 0.3 is 0 Å². The highest BCUT2D eigenvalue weighted by Gasteiger charge is 2.19. The first kappa shape index (κ1) is 20.3. The average Bonchev–Trinajstić information content (AvgIpc) is 3.02. The fourth-order valence-corrected chi connectivity index (χ4v) is 4.15. The number of guanidine groups is 1. The van der Waals surface area contributed by atoms with Crippen LogP contribution in [0.4, 0.5) is 5.69 Å². The maximum atomic E-state index is 12.1. The summed E-state index contributed by atoms with van der Waals surface area (Å²) in [6.07, 6.45) is 2.74. The van der Waals surface area contributed by atoms with Crippen molar-refractivity contribution in [2.45, 2.75) is 53.1 Å². The van der Waals surface area contributed by atoms with E-state index in [0.717, 1.165) is 60.4 Å². The van der Waals surface area contributed by atoms with E-state index < -0.39 is 0 Å². The zero-order valence-corrected chi connectivity index (χ0v) is 17.7. The van der Waals surface area contributed by atoms with Gasteiger partial charge in [-0.25, -0.2) is 9.98 Å². The number of anilines is 1. The molecule has 3 rings (SSSR count). The molecule has 1 amide bonds. The maximum Gasteiger partial charge on any atom is 0.226 e. The number of nitrogens with zero attached hydrogens (tertiary/aromatic N) is 3. The minimum Gasteiger partial charge on any atom is -0.357 e. The minimum absolute atomic E-state index is 0.226. The highest BCUT2D eigenvalue weighted by atomic mass is 32.1. The van der Waals surface area contributed by atoms with Crippen molar-refractivity contribution in [3.05, 3.63) is 45.4 Å². The summed E-state index contributed by atoms with van der Waals surface area (Å²) in [5, 5.41) is 7.76. The van der Waals surface area contributed by atoms with E-state index in [-0.39, 0.29) is 5.91 Å². The Hall–Kier alpha value is -2.41.